The molecule has 5 heteroatoms. The Kier molecular flexibility index (Phi) is 4.83. The van der Waals surface area contributed by atoms with E-state index in [1.165, 1.54) is 0 Å². The predicted molar refractivity (Wildman–Crippen MR) is 61.2 cm³/mol. The summed E-state index contributed by atoms with van der Waals surface area (Å²) >= 11 is 0. The molecule has 0 spiro atoms. The Morgan fingerprint density at radius 2 is 2.20 bits per heavy atom. The molecular formula is C10H18N4O. The second kappa shape index (κ2) is 6.19. The van der Waals surface area contributed by atoms with Crippen LogP contribution < -0.4 is 10.2 Å². The van der Waals surface area contributed by atoms with Gasteiger partial charge >= 0.3 is 0 Å². The molecule has 1 aromatic rings. The standard InChI is InChI=1S/C10H18N4O/c1-3-4-14(5-6-15)10-8-12-7-9(11-2)13-10/h7-8,15H,3-6H2,1-2H3,(H,11,13). The molecule has 0 aliphatic rings. The van der Waals surface area contributed by atoms with Crippen LogP contribution in [0.3, 0.4) is 0 Å². The third kappa shape index (κ3) is 3.36. The number of nitrogens with one attached hydrogen (secondary N) is 1. The fraction of sp³-hybridized carbons (Fsp3) is 0.600. The molecule has 0 saturated heterocycles. The van der Waals surface area contributed by atoms with Crippen molar-refractivity contribution in [3.8, 4) is 0 Å². The van der Waals surface area contributed by atoms with E-state index in [1.54, 1.807) is 12.4 Å². The maximum absolute atomic E-state index is 8.95. The normalized spacial score (nSPS) is 10.1. The molecule has 1 aromatic heterocycles. The maximum Gasteiger partial charge on any atom is 0.149 e. The lowest BCUT2D eigenvalue weighted by atomic mass is 10.4. The van der Waals surface area contributed by atoms with Crippen LogP contribution in [0.1, 0.15) is 13.3 Å². The average Bonchev–Trinajstić information content (AvgIpc) is 2.29. The number of rotatable bonds is 6. The van der Waals surface area contributed by atoms with Crippen LogP contribution in [0, 0.1) is 0 Å². The molecule has 0 saturated carbocycles. The molecular weight excluding hydrogens is 192 g/mol. The van der Waals surface area contributed by atoms with Crippen LogP contribution in [0.4, 0.5) is 11.6 Å². The number of aromatic nitrogens is 2. The Bertz CT molecular complexity index is 287. The van der Waals surface area contributed by atoms with Gasteiger partial charge in [-0.2, -0.15) is 0 Å². The Labute approximate surface area is 90.2 Å². The average molecular weight is 210 g/mol. The number of hydrogen-bond donors (Lipinski definition) is 2. The highest BCUT2D eigenvalue weighted by Gasteiger charge is 2.06. The van der Waals surface area contributed by atoms with Gasteiger partial charge in [-0.3, -0.25) is 4.98 Å². The molecule has 0 aliphatic carbocycles. The van der Waals surface area contributed by atoms with Crippen molar-refractivity contribution in [1.82, 2.24) is 9.97 Å². The van der Waals surface area contributed by atoms with Crippen LogP contribution in [0.5, 0.6) is 0 Å². The molecule has 0 bridgehead atoms. The summed E-state index contributed by atoms with van der Waals surface area (Å²) in [7, 11) is 1.81. The van der Waals surface area contributed by atoms with Gasteiger partial charge in [-0.15, -0.1) is 0 Å². The largest absolute Gasteiger partial charge is 0.395 e. The van der Waals surface area contributed by atoms with E-state index < -0.39 is 0 Å². The van der Waals surface area contributed by atoms with E-state index in [4.69, 9.17) is 5.11 Å². The summed E-state index contributed by atoms with van der Waals surface area (Å²) in [6, 6.07) is 0. The monoisotopic (exact) mass is 210 g/mol. The van der Waals surface area contributed by atoms with E-state index in [0.717, 1.165) is 24.6 Å². The van der Waals surface area contributed by atoms with Gasteiger partial charge in [0.25, 0.3) is 0 Å². The van der Waals surface area contributed by atoms with Gasteiger partial charge in [0.2, 0.25) is 0 Å². The van der Waals surface area contributed by atoms with Gasteiger partial charge in [-0.05, 0) is 6.42 Å². The second-order valence-electron chi connectivity index (χ2n) is 3.22. The molecule has 15 heavy (non-hydrogen) atoms. The Morgan fingerprint density at radius 1 is 1.40 bits per heavy atom. The minimum absolute atomic E-state index is 0.130. The van der Waals surface area contributed by atoms with Crippen LogP contribution in [0.25, 0.3) is 0 Å². The fourth-order valence-corrected chi connectivity index (χ4v) is 1.36. The van der Waals surface area contributed by atoms with Gasteiger partial charge in [0.15, 0.2) is 0 Å². The second-order valence-corrected chi connectivity index (χ2v) is 3.22. The zero-order valence-corrected chi connectivity index (χ0v) is 9.27. The Morgan fingerprint density at radius 3 is 2.80 bits per heavy atom. The zero-order valence-electron chi connectivity index (χ0n) is 9.27. The van der Waals surface area contributed by atoms with Crippen molar-refractivity contribution in [2.75, 3.05) is 37.0 Å². The number of anilines is 2. The highest BCUT2D eigenvalue weighted by molar-refractivity contribution is 5.43. The first-order valence-electron chi connectivity index (χ1n) is 5.17. The third-order valence-corrected chi connectivity index (χ3v) is 2.07. The van der Waals surface area contributed by atoms with E-state index in [0.29, 0.717) is 6.54 Å². The smallest absolute Gasteiger partial charge is 0.149 e. The van der Waals surface area contributed by atoms with Crippen LogP contribution in [-0.4, -0.2) is 41.8 Å². The first-order valence-corrected chi connectivity index (χ1v) is 5.17. The third-order valence-electron chi connectivity index (χ3n) is 2.07. The molecule has 0 aliphatic heterocycles. The van der Waals surface area contributed by atoms with Gasteiger partial charge in [-0.25, -0.2) is 4.98 Å². The lowest BCUT2D eigenvalue weighted by molar-refractivity contribution is 0.301. The number of aliphatic hydroxyl groups excluding tert-OH is 1. The molecule has 1 heterocycles. The maximum atomic E-state index is 8.95. The summed E-state index contributed by atoms with van der Waals surface area (Å²) in [4.78, 5) is 10.5. The van der Waals surface area contributed by atoms with Gasteiger partial charge < -0.3 is 15.3 Å². The summed E-state index contributed by atoms with van der Waals surface area (Å²) in [5, 5.41) is 11.9. The molecule has 84 valence electrons. The van der Waals surface area contributed by atoms with Crippen LogP contribution in [0.15, 0.2) is 12.4 Å². The van der Waals surface area contributed by atoms with Gasteiger partial charge in [0, 0.05) is 20.1 Å². The first kappa shape index (κ1) is 11.7. The van der Waals surface area contributed by atoms with Crippen molar-refractivity contribution in [2.24, 2.45) is 0 Å². The summed E-state index contributed by atoms with van der Waals surface area (Å²) in [5.41, 5.74) is 0. The van der Waals surface area contributed by atoms with Crippen LogP contribution in [-0.2, 0) is 0 Å². The van der Waals surface area contributed by atoms with Crippen LogP contribution >= 0.6 is 0 Å². The van der Waals surface area contributed by atoms with E-state index in [1.807, 2.05) is 11.9 Å². The molecule has 5 nitrogen and oxygen atoms in total. The van der Waals surface area contributed by atoms with Crippen molar-refractivity contribution in [3.63, 3.8) is 0 Å². The van der Waals surface area contributed by atoms with Crippen molar-refractivity contribution in [1.29, 1.82) is 0 Å². The number of aliphatic hydroxyl groups is 1. The number of nitrogens with zero attached hydrogens (tertiary/aromatic N) is 3. The van der Waals surface area contributed by atoms with Gasteiger partial charge in [-0.1, -0.05) is 6.92 Å². The van der Waals surface area contributed by atoms with E-state index >= 15 is 0 Å². The van der Waals surface area contributed by atoms with Crippen LogP contribution in [0.2, 0.25) is 0 Å². The molecule has 0 amide bonds. The van der Waals surface area contributed by atoms with Crippen molar-refractivity contribution >= 4 is 11.6 Å². The van der Waals surface area contributed by atoms with Gasteiger partial charge in [0.05, 0.1) is 19.0 Å². The zero-order chi connectivity index (χ0) is 11.1. The first-order chi connectivity index (χ1) is 7.31. The summed E-state index contributed by atoms with van der Waals surface area (Å²) < 4.78 is 0. The lowest BCUT2D eigenvalue weighted by Gasteiger charge is -2.21. The summed E-state index contributed by atoms with van der Waals surface area (Å²) in [6.07, 6.45) is 4.41. The van der Waals surface area contributed by atoms with E-state index in [9.17, 15) is 0 Å². The molecule has 0 unspecified atom stereocenters. The summed E-state index contributed by atoms with van der Waals surface area (Å²) in [6.45, 7) is 3.70. The molecule has 1 rings (SSSR count). The SMILES string of the molecule is CCCN(CCO)c1cncc(NC)n1. The quantitative estimate of drug-likeness (QED) is 0.724. The highest BCUT2D eigenvalue weighted by atomic mass is 16.3. The minimum atomic E-state index is 0.130. The molecule has 0 fully saturated rings. The topological polar surface area (TPSA) is 61.3 Å². The molecule has 0 radical (unpaired) electrons. The van der Waals surface area contributed by atoms with Crippen molar-refractivity contribution in [2.45, 2.75) is 13.3 Å². The van der Waals surface area contributed by atoms with Crippen molar-refractivity contribution < 1.29 is 5.11 Å². The summed E-state index contributed by atoms with van der Waals surface area (Å²) in [5.74, 6) is 1.55. The molecule has 0 atom stereocenters. The van der Waals surface area contributed by atoms with Gasteiger partial charge in [0.1, 0.15) is 11.6 Å². The van der Waals surface area contributed by atoms with Crippen molar-refractivity contribution in [3.05, 3.63) is 12.4 Å². The number of hydrogen-bond acceptors (Lipinski definition) is 5. The fourth-order valence-electron chi connectivity index (χ4n) is 1.36. The minimum Gasteiger partial charge on any atom is -0.395 e. The van der Waals surface area contributed by atoms with E-state index in [-0.39, 0.29) is 6.61 Å². The predicted octanol–water partition coefficient (Wildman–Crippen LogP) is 0.727. The lowest BCUT2D eigenvalue weighted by Crippen LogP contribution is -2.28. The molecule has 2 N–H and O–H groups in total. The Hall–Kier alpha value is -1.36. The van der Waals surface area contributed by atoms with E-state index in [2.05, 4.69) is 22.2 Å². The molecule has 0 aromatic carbocycles. The Balaban J connectivity index is 2.79. The highest BCUT2D eigenvalue weighted by Crippen LogP contribution is 2.11.